The van der Waals surface area contributed by atoms with Crippen molar-refractivity contribution in [2.24, 2.45) is 5.92 Å². The van der Waals surface area contributed by atoms with E-state index in [9.17, 15) is 4.79 Å². The topological polar surface area (TPSA) is 66.9 Å². The number of aromatic nitrogens is 2. The van der Waals surface area contributed by atoms with Crippen LogP contribution in [-0.2, 0) is 6.42 Å². The van der Waals surface area contributed by atoms with Gasteiger partial charge in [0.25, 0.3) is 5.91 Å². The summed E-state index contributed by atoms with van der Waals surface area (Å²) in [6, 6.07) is 9.89. The van der Waals surface area contributed by atoms with E-state index in [0.717, 1.165) is 45.7 Å². The Hall–Kier alpha value is -2.02. The van der Waals surface area contributed by atoms with Gasteiger partial charge in [0.05, 0.1) is 10.4 Å². The van der Waals surface area contributed by atoms with Gasteiger partial charge in [-0.25, -0.2) is 0 Å². The Balaban J connectivity index is 1.79. The fourth-order valence-electron chi connectivity index (χ4n) is 3.54. The smallest absolute Gasteiger partial charge is 0.273 e. The molecule has 27 heavy (non-hydrogen) atoms. The Kier molecular flexibility index (Phi) is 5.38. The minimum Gasteiger partial charge on any atom is -0.354 e. The molecule has 0 spiro atoms. The molecule has 0 aliphatic carbocycles. The molecule has 0 bridgehead atoms. The van der Waals surface area contributed by atoms with Gasteiger partial charge >= 0.3 is 0 Å². The quantitative estimate of drug-likeness (QED) is 0.696. The third-order valence-electron chi connectivity index (χ3n) is 4.98. The van der Waals surface area contributed by atoms with Gasteiger partial charge in [-0.1, -0.05) is 23.7 Å². The van der Waals surface area contributed by atoms with Crippen LogP contribution in [0.3, 0.4) is 0 Å². The number of piperidine rings is 1. The van der Waals surface area contributed by atoms with E-state index in [1.165, 1.54) is 12.8 Å². The van der Waals surface area contributed by atoms with Crippen LogP contribution in [0.4, 0.5) is 0 Å². The molecule has 5 nitrogen and oxygen atoms in total. The lowest BCUT2D eigenvalue weighted by atomic mass is 9.93. The molecule has 140 valence electrons. The average molecular weight is 401 g/mol. The average Bonchev–Trinajstić information content (AvgIpc) is 3.15. The fourth-order valence-corrected chi connectivity index (χ4v) is 4.83. The third kappa shape index (κ3) is 3.83. The maximum Gasteiger partial charge on any atom is 0.273 e. The SMILES string of the molecule is CNC(=O)c1nnc(CC2CCCNC2)c2cc(-c3ccc(Cl)cc3)sc12. The van der Waals surface area contributed by atoms with E-state index in [1.807, 2.05) is 24.3 Å². The van der Waals surface area contributed by atoms with Crippen LogP contribution in [0.2, 0.25) is 5.02 Å². The summed E-state index contributed by atoms with van der Waals surface area (Å²) < 4.78 is 0.896. The Morgan fingerprint density at radius 1 is 1.33 bits per heavy atom. The first-order chi connectivity index (χ1) is 13.2. The zero-order valence-electron chi connectivity index (χ0n) is 15.1. The molecule has 1 unspecified atom stereocenters. The number of halogens is 1. The van der Waals surface area contributed by atoms with Crippen molar-refractivity contribution in [1.82, 2.24) is 20.8 Å². The zero-order valence-corrected chi connectivity index (χ0v) is 16.7. The summed E-state index contributed by atoms with van der Waals surface area (Å²) in [7, 11) is 1.62. The minimum absolute atomic E-state index is 0.206. The molecule has 0 radical (unpaired) electrons. The Morgan fingerprint density at radius 2 is 2.15 bits per heavy atom. The lowest BCUT2D eigenvalue weighted by molar-refractivity contribution is 0.0959. The number of amides is 1. The summed E-state index contributed by atoms with van der Waals surface area (Å²) in [6.07, 6.45) is 3.26. The van der Waals surface area contributed by atoms with Crippen LogP contribution in [0.25, 0.3) is 20.5 Å². The highest BCUT2D eigenvalue weighted by atomic mass is 35.5. The second kappa shape index (κ2) is 7.92. The molecule has 0 saturated carbocycles. The van der Waals surface area contributed by atoms with E-state index in [0.29, 0.717) is 16.6 Å². The van der Waals surface area contributed by atoms with Crippen LogP contribution in [0.5, 0.6) is 0 Å². The van der Waals surface area contributed by atoms with Crippen molar-refractivity contribution in [1.29, 1.82) is 0 Å². The lowest BCUT2D eigenvalue weighted by Gasteiger charge is -2.22. The van der Waals surface area contributed by atoms with Crippen molar-refractivity contribution < 1.29 is 4.79 Å². The van der Waals surface area contributed by atoms with Gasteiger partial charge in [-0.3, -0.25) is 4.79 Å². The van der Waals surface area contributed by atoms with Crippen molar-refractivity contribution in [3.05, 3.63) is 46.7 Å². The molecule has 1 aliphatic heterocycles. The summed E-state index contributed by atoms with van der Waals surface area (Å²) in [5, 5.41) is 16.6. The zero-order chi connectivity index (χ0) is 18.8. The Morgan fingerprint density at radius 3 is 2.85 bits per heavy atom. The first kappa shape index (κ1) is 18.3. The lowest BCUT2D eigenvalue weighted by Crippen LogP contribution is -2.31. The van der Waals surface area contributed by atoms with Crippen LogP contribution in [0.15, 0.2) is 30.3 Å². The molecule has 1 atom stereocenters. The third-order valence-corrected chi connectivity index (χ3v) is 6.42. The number of nitrogens with one attached hydrogen (secondary N) is 2. The van der Waals surface area contributed by atoms with Gasteiger partial charge in [0.2, 0.25) is 0 Å². The number of carbonyl (C=O) groups excluding carboxylic acids is 1. The molecule has 1 aliphatic rings. The highest BCUT2D eigenvalue weighted by Crippen LogP contribution is 2.37. The monoisotopic (exact) mass is 400 g/mol. The molecular weight excluding hydrogens is 380 g/mol. The molecule has 3 heterocycles. The predicted octanol–water partition coefficient (Wildman–Crippen LogP) is 3.91. The summed E-state index contributed by atoms with van der Waals surface area (Å²) >= 11 is 7.60. The van der Waals surface area contributed by atoms with Crippen molar-refractivity contribution in [2.75, 3.05) is 20.1 Å². The second-order valence-electron chi connectivity index (χ2n) is 6.85. The standard InChI is InChI=1S/C20H21ClN4OS/c1-22-20(26)18-19-15(10-17(27-19)13-4-6-14(21)7-5-13)16(24-25-18)9-12-3-2-8-23-11-12/h4-7,10,12,23H,2-3,8-9,11H2,1H3,(H,22,26). The number of fused-ring (bicyclic) bond motifs is 1. The van der Waals surface area contributed by atoms with Crippen molar-refractivity contribution in [2.45, 2.75) is 19.3 Å². The summed E-state index contributed by atoms with van der Waals surface area (Å²) in [5.74, 6) is 0.351. The molecule has 7 heteroatoms. The van der Waals surface area contributed by atoms with Gasteiger partial charge in [0.1, 0.15) is 0 Å². The second-order valence-corrected chi connectivity index (χ2v) is 8.34. The van der Waals surface area contributed by atoms with E-state index in [1.54, 1.807) is 18.4 Å². The molecule has 2 aromatic heterocycles. The van der Waals surface area contributed by atoms with E-state index in [4.69, 9.17) is 11.6 Å². The molecule has 1 amide bonds. The molecular formula is C20H21ClN4OS. The fraction of sp³-hybridized carbons (Fsp3) is 0.350. The number of hydrogen-bond acceptors (Lipinski definition) is 5. The molecule has 1 saturated heterocycles. The molecule has 1 fully saturated rings. The van der Waals surface area contributed by atoms with Crippen molar-refractivity contribution >= 4 is 38.9 Å². The molecule has 4 rings (SSSR count). The van der Waals surface area contributed by atoms with Crippen molar-refractivity contribution in [3.63, 3.8) is 0 Å². The number of nitrogens with zero attached hydrogens (tertiary/aromatic N) is 2. The molecule has 2 N–H and O–H groups in total. The summed E-state index contributed by atoms with van der Waals surface area (Å²) in [5.41, 5.74) is 2.44. The maximum atomic E-state index is 12.3. The van der Waals surface area contributed by atoms with Crippen LogP contribution in [0, 0.1) is 5.92 Å². The Labute approximate surface area is 167 Å². The van der Waals surface area contributed by atoms with Gasteiger partial charge in [0, 0.05) is 22.3 Å². The normalized spacial score (nSPS) is 17.2. The number of carbonyl (C=O) groups is 1. The highest BCUT2D eigenvalue weighted by Gasteiger charge is 2.21. The van der Waals surface area contributed by atoms with Gasteiger partial charge in [-0.2, -0.15) is 5.10 Å². The van der Waals surface area contributed by atoms with Crippen LogP contribution >= 0.6 is 22.9 Å². The highest BCUT2D eigenvalue weighted by molar-refractivity contribution is 7.22. The van der Waals surface area contributed by atoms with Crippen LogP contribution < -0.4 is 10.6 Å². The summed E-state index contributed by atoms with van der Waals surface area (Å²) in [6.45, 7) is 2.10. The van der Waals surface area contributed by atoms with E-state index < -0.39 is 0 Å². The number of thiophene rings is 1. The van der Waals surface area contributed by atoms with Gasteiger partial charge in [0.15, 0.2) is 5.69 Å². The molecule has 3 aromatic rings. The summed E-state index contributed by atoms with van der Waals surface area (Å²) in [4.78, 5) is 13.4. The number of benzene rings is 1. The Bertz CT molecular complexity index is 964. The van der Waals surface area contributed by atoms with Crippen molar-refractivity contribution in [3.8, 4) is 10.4 Å². The van der Waals surface area contributed by atoms with Gasteiger partial charge < -0.3 is 10.6 Å². The van der Waals surface area contributed by atoms with E-state index >= 15 is 0 Å². The minimum atomic E-state index is -0.206. The number of rotatable bonds is 4. The van der Waals surface area contributed by atoms with Crippen LogP contribution in [0.1, 0.15) is 29.0 Å². The first-order valence-corrected chi connectivity index (χ1v) is 10.3. The maximum absolute atomic E-state index is 12.3. The van der Waals surface area contributed by atoms with Gasteiger partial charge in [-0.15, -0.1) is 16.4 Å². The van der Waals surface area contributed by atoms with E-state index in [-0.39, 0.29) is 5.91 Å². The number of hydrogen-bond donors (Lipinski definition) is 2. The molecule has 1 aromatic carbocycles. The van der Waals surface area contributed by atoms with E-state index in [2.05, 4.69) is 26.9 Å². The first-order valence-electron chi connectivity index (χ1n) is 9.13. The predicted molar refractivity (Wildman–Crippen MR) is 111 cm³/mol. The van der Waals surface area contributed by atoms with Gasteiger partial charge in [-0.05, 0) is 62.0 Å². The largest absolute Gasteiger partial charge is 0.354 e. The van der Waals surface area contributed by atoms with Crippen LogP contribution in [-0.4, -0.2) is 36.2 Å².